The van der Waals surface area contributed by atoms with Crippen molar-refractivity contribution in [2.75, 3.05) is 6.54 Å². The lowest BCUT2D eigenvalue weighted by atomic mass is 10.1. The summed E-state index contributed by atoms with van der Waals surface area (Å²) in [5, 5.41) is 2.53. The van der Waals surface area contributed by atoms with Crippen LogP contribution >= 0.6 is 0 Å². The fraction of sp³-hybridized carbons (Fsp3) is 0.385. The first-order valence-corrected chi connectivity index (χ1v) is 5.44. The minimum Gasteiger partial charge on any atom is -0.345 e. The normalized spacial score (nSPS) is 8.75. The van der Waals surface area contributed by atoms with E-state index in [1.807, 2.05) is 32.9 Å². The summed E-state index contributed by atoms with van der Waals surface area (Å²) in [5.41, 5.74) is 1.69. The third kappa shape index (κ3) is 5.29. The Morgan fingerprint density at radius 3 is 2.06 bits per heavy atom. The van der Waals surface area contributed by atoms with Gasteiger partial charge in [-0.25, -0.2) is 0 Å². The molecule has 0 radical (unpaired) electrons. The van der Waals surface area contributed by atoms with Crippen LogP contribution in [-0.4, -0.2) is 18.2 Å². The Bertz CT molecular complexity index is 341. The van der Waals surface area contributed by atoms with Gasteiger partial charge in [0.2, 0.25) is 0 Å². The lowest BCUT2D eigenvalue weighted by Gasteiger charge is -2.02. The summed E-state index contributed by atoms with van der Waals surface area (Å²) in [6, 6.07) is 7.21. The molecule has 0 bridgehead atoms. The van der Waals surface area contributed by atoms with Gasteiger partial charge in [-0.1, -0.05) is 31.5 Å². The van der Waals surface area contributed by atoms with Crippen molar-refractivity contribution in [1.82, 2.24) is 5.32 Å². The molecular formula is C13H19NO2. The third-order valence-corrected chi connectivity index (χ3v) is 1.81. The van der Waals surface area contributed by atoms with Crippen LogP contribution in [0.1, 0.15) is 36.7 Å². The van der Waals surface area contributed by atoms with Gasteiger partial charge in [-0.3, -0.25) is 9.59 Å². The van der Waals surface area contributed by atoms with Crippen molar-refractivity contribution in [2.24, 2.45) is 0 Å². The molecule has 1 aromatic rings. The number of ketones is 1. The van der Waals surface area contributed by atoms with Gasteiger partial charge in [0, 0.05) is 5.56 Å². The molecular weight excluding hydrogens is 202 g/mol. The van der Waals surface area contributed by atoms with Crippen LogP contribution in [-0.2, 0) is 4.79 Å². The van der Waals surface area contributed by atoms with Crippen molar-refractivity contribution in [3.05, 3.63) is 35.4 Å². The molecule has 1 aromatic carbocycles. The van der Waals surface area contributed by atoms with Crippen LogP contribution in [0.3, 0.4) is 0 Å². The Hall–Kier alpha value is -1.64. The van der Waals surface area contributed by atoms with E-state index in [9.17, 15) is 9.59 Å². The van der Waals surface area contributed by atoms with Crippen LogP contribution in [0, 0.1) is 6.92 Å². The van der Waals surface area contributed by atoms with E-state index >= 15 is 0 Å². The first-order valence-electron chi connectivity index (χ1n) is 5.44. The minimum atomic E-state index is -0.208. The molecule has 0 saturated heterocycles. The van der Waals surface area contributed by atoms with E-state index in [4.69, 9.17) is 0 Å². The van der Waals surface area contributed by atoms with E-state index in [2.05, 4.69) is 5.32 Å². The highest BCUT2D eigenvalue weighted by Crippen LogP contribution is 2.02. The quantitative estimate of drug-likeness (QED) is 0.851. The van der Waals surface area contributed by atoms with Crippen LogP contribution in [0.25, 0.3) is 0 Å². The molecule has 1 rings (SSSR count). The molecule has 0 spiro atoms. The molecule has 1 N–H and O–H groups in total. The second kappa shape index (κ2) is 7.63. The number of hydrogen-bond donors (Lipinski definition) is 1. The lowest BCUT2D eigenvalue weighted by Crippen LogP contribution is -2.28. The zero-order chi connectivity index (χ0) is 12.6. The first-order chi connectivity index (χ1) is 7.59. The zero-order valence-electron chi connectivity index (χ0n) is 10.3. The van der Waals surface area contributed by atoms with E-state index in [0.29, 0.717) is 5.56 Å². The summed E-state index contributed by atoms with van der Waals surface area (Å²) >= 11 is 0. The summed E-state index contributed by atoms with van der Waals surface area (Å²) in [6.07, 6.45) is 0. The number of carbonyl (C=O) groups is 2. The SMILES string of the molecule is CC.CC(=O)CNC(=O)c1ccc(C)cc1. The molecule has 3 heteroatoms. The van der Waals surface area contributed by atoms with Gasteiger partial charge in [-0.15, -0.1) is 0 Å². The number of rotatable bonds is 3. The first kappa shape index (κ1) is 14.4. The van der Waals surface area contributed by atoms with Crippen LogP contribution in [0.15, 0.2) is 24.3 Å². The summed E-state index contributed by atoms with van der Waals surface area (Å²) in [7, 11) is 0. The Balaban J connectivity index is 0.00000106. The monoisotopic (exact) mass is 221 g/mol. The molecule has 0 aliphatic heterocycles. The Labute approximate surface area is 96.9 Å². The van der Waals surface area contributed by atoms with Crippen molar-refractivity contribution in [3.63, 3.8) is 0 Å². The van der Waals surface area contributed by atoms with Gasteiger partial charge in [0.1, 0.15) is 5.78 Å². The predicted octanol–water partition coefficient (Wildman–Crippen LogP) is 2.34. The second-order valence-electron chi connectivity index (χ2n) is 3.25. The number of benzene rings is 1. The molecule has 0 aliphatic carbocycles. The fourth-order valence-electron chi connectivity index (χ4n) is 1.01. The topological polar surface area (TPSA) is 46.2 Å². The third-order valence-electron chi connectivity index (χ3n) is 1.81. The van der Waals surface area contributed by atoms with Gasteiger partial charge in [0.15, 0.2) is 0 Å². The second-order valence-corrected chi connectivity index (χ2v) is 3.25. The molecule has 0 aliphatic rings. The van der Waals surface area contributed by atoms with Crippen LogP contribution in [0.2, 0.25) is 0 Å². The highest BCUT2D eigenvalue weighted by molar-refractivity contribution is 5.96. The van der Waals surface area contributed by atoms with Crippen LogP contribution in [0.5, 0.6) is 0 Å². The van der Waals surface area contributed by atoms with Crippen molar-refractivity contribution in [2.45, 2.75) is 27.7 Å². The van der Waals surface area contributed by atoms with Gasteiger partial charge in [-0.2, -0.15) is 0 Å². The number of carbonyl (C=O) groups excluding carboxylic acids is 2. The van der Waals surface area contributed by atoms with E-state index in [1.165, 1.54) is 6.92 Å². The summed E-state index contributed by atoms with van der Waals surface area (Å²) in [5.74, 6) is -0.259. The highest BCUT2D eigenvalue weighted by atomic mass is 16.2. The van der Waals surface area contributed by atoms with Gasteiger partial charge < -0.3 is 5.32 Å². The average molecular weight is 221 g/mol. The maximum absolute atomic E-state index is 11.4. The summed E-state index contributed by atoms with van der Waals surface area (Å²) in [6.45, 7) is 7.49. The number of amides is 1. The van der Waals surface area contributed by atoms with Crippen molar-refractivity contribution in [1.29, 1.82) is 0 Å². The maximum Gasteiger partial charge on any atom is 0.251 e. The van der Waals surface area contributed by atoms with Gasteiger partial charge in [0.05, 0.1) is 6.54 Å². The molecule has 0 heterocycles. The number of aryl methyl sites for hydroxylation is 1. The van der Waals surface area contributed by atoms with Crippen molar-refractivity contribution >= 4 is 11.7 Å². The molecule has 0 saturated carbocycles. The van der Waals surface area contributed by atoms with Gasteiger partial charge in [0.25, 0.3) is 5.91 Å². The molecule has 0 atom stereocenters. The number of hydrogen-bond acceptors (Lipinski definition) is 2. The molecule has 0 unspecified atom stereocenters. The van der Waals surface area contributed by atoms with Gasteiger partial charge >= 0.3 is 0 Å². The van der Waals surface area contributed by atoms with Crippen LogP contribution in [0.4, 0.5) is 0 Å². The van der Waals surface area contributed by atoms with Gasteiger partial charge in [-0.05, 0) is 26.0 Å². The van der Waals surface area contributed by atoms with Crippen LogP contribution < -0.4 is 5.32 Å². The standard InChI is InChI=1S/C11H13NO2.C2H6/c1-8-3-5-10(6-4-8)11(14)12-7-9(2)13;1-2/h3-6H,7H2,1-2H3,(H,12,14);1-2H3. The molecule has 16 heavy (non-hydrogen) atoms. The molecule has 1 amide bonds. The molecule has 0 fully saturated rings. The Morgan fingerprint density at radius 1 is 1.12 bits per heavy atom. The average Bonchev–Trinajstić information content (AvgIpc) is 2.29. The summed E-state index contributed by atoms with van der Waals surface area (Å²) < 4.78 is 0. The van der Waals surface area contributed by atoms with E-state index in [-0.39, 0.29) is 18.2 Å². The number of nitrogens with one attached hydrogen (secondary N) is 1. The highest BCUT2D eigenvalue weighted by Gasteiger charge is 2.04. The number of Topliss-reactive ketones (excluding diaryl/α,β-unsaturated/α-hetero) is 1. The summed E-state index contributed by atoms with van der Waals surface area (Å²) in [4.78, 5) is 22.0. The van der Waals surface area contributed by atoms with E-state index in [1.54, 1.807) is 12.1 Å². The molecule has 3 nitrogen and oxygen atoms in total. The van der Waals surface area contributed by atoms with Crippen molar-refractivity contribution in [3.8, 4) is 0 Å². The maximum atomic E-state index is 11.4. The zero-order valence-corrected chi connectivity index (χ0v) is 10.3. The Kier molecular flexibility index (Phi) is 6.84. The Morgan fingerprint density at radius 2 is 1.62 bits per heavy atom. The smallest absolute Gasteiger partial charge is 0.251 e. The van der Waals surface area contributed by atoms with E-state index in [0.717, 1.165) is 5.56 Å². The minimum absolute atomic E-state index is 0.0505. The van der Waals surface area contributed by atoms with E-state index < -0.39 is 0 Å². The lowest BCUT2D eigenvalue weighted by molar-refractivity contribution is -0.116. The predicted molar refractivity (Wildman–Crippen MR) is 65.5 cm³/mol. The molecule has 88 valence electrons. The fourth-order valence-corrected chi connectivity index (χ4v) is 1.01. The largest absolute Gasteiger partial charge is 0.345 e. The molecule has 0 aromatic heterocycles. The van der Waals surface area contributed by atoms with Crippen molar-refractivity contribution < 1.29 is 9.59 Å².